The number of aryl methyl sites for hydroxylation is 2. The van der Waals surface area contributed by atoms with Crippen molar-refractivity contribution in [2.45, 2.75) is 32.7 Å². The number of fused-ring (bicyclic) bond motifs is 1. The number of hydrogen-bond donors (Lipinski definition) is 2. The van der Waals surface area contributed by atoms with E-state index >= 15 is 0 Å². The first kappa shape index (κ1) is 17.5. The van der Waals surface area contributed by atoms with E-state index in [1.807, 2.05) is 31.2 Å². The van der Waals surface area contributed by atoms with Gasteiger partial charge in [0.1, 0.15) is 10.8 Å². The van der Waals surface area contributed by atoms with Gasteiger partial charge in [0.05, 0.1) is 18.4 Å². The SMILES string of the molecule is Cc1cccc(C(=O)Nc2sc3c(c2C(=O)NCc2ccco2)CCC3)c1. The molecule has 0 spiro atoms. The second kappa shape index (κ2) is 7.40. The zero-order valence-corrected chi connectivity index (χ0v) is 15.8. The third-order valence-electron chi connectivity index (χ3n) is 4.66. The van der Waals surface area contributed by atoms with Crippen molar-refractivity contribution in [2.75, 3.05) is 5.32 Å². The zero-order valence-electron chi connectivity index (χ0n) is 15.0. The number of furan rings is 1. The van der Waals surface area contributed by atoms with Crippen LogP contribution in [0.25, 0.3) is 0 Å². The average Bonchev–Trinajstić information content (AvgIpc) is 3.37. The van der Waals surface area contributed by atoms with Crippen molar-refractivity contribution in [2.24, 2.45) is 0 Å². The normalized spacial score (nSPS) is 12.6. The zero-order chi connectivity index (χ0) is 18.8. The molecule has 1 aliphatic carbocycles. The summed E-state index contributed by atoms with van der Waals surface area (Å²) in [5.74, 6) is 0.324. The summed E-state index contributed by atoms with van der Waals surface area (Å²) >= 11 is 1.51. The monoisotopic (exact) mass is 380 g/mol. The molecule has 0 fully saturated rings. The van der Waals surface area contributed by atoms with Crippen molar-refractivity contribution in [3.05, 3.63) is 75.6 Å². The van der Waals surface area contributed by atoms with Gasteiger partial charge in [-0.2, -0.15) is 0 Å². The molecular formula is C21H20N2O3S. The quantitative estimate of drug-likeness (QED) is 0.692. The van der Waals surface area contributed by atoms with E-state index in [-0.39, 0.29) is 11.8 Å². The molecule has 2 N–H and O–H groups in total. The topological polar surface area (TPSA) is 71.3 Å². The van der Waals surface area contributed by atoms with Gasteiger partial charge in [-0.1, -0.05) is 17.7 Å². The molecule has 1 aliphatic rings. The van der Waals surface area contributed by atoms with Gasteiger partial charge in [-0.25, -0.2) is 0 Å². The Morgan fingerprint density at radius 1 is 1.15 bits per heavy atom. The Bertz CT molecular complexity index is 989. The lowest BCUT2D eigenvalue weighted by molar-refractivity contribution is 0.0948. The van der Waals surface area contributed by atoms with Crippen molar-refractivity contribution >= 4 is 28.2 Å². The van der Waals surface area contributed by atoms with E-state index in [1.165, 1.54) is 16.2 Å². The lowest BCUT2D eigenvalue weighted by atomic mass is 10.1. The van der Waals surface area contributed by atoms with E-state index in [4.69, 9.17) is 4.42 Å². The van der Waals surface area contributed by atoms with E-state index in [2.05, 4.69) is 10.6 Å². The number of rotatable bonds is 5. The summed E-state index contributed by atoms with van der Waals surface area (Å²) in [5.41, 5.74) is 3.27. The van der Waals surface area contributed by atoms with Gasteiger partial charge < -0.3 is 15.1 Å². The van der Waals surface area contributed by atoms with E-state index in [0.717, 1.165) is 30.4 Å². The third kappa shape index (κ3) is 3.66. The fraction of sp³-hybridized carbons (Fsp3) is 0.238. The maximum absolute atomic E-state index is 12.9. The van der Waals surface area contributed by atoms with Crippen LogP contribution >= 0.6 is 11.3 Å². The Hall–Kier alpha value is -2.86. The van der Waals surface area contributed by atoms with Gasteiger partial charge in [-0.15, -0.1) is 11.3 Å². The standard InChI is InChI=1S/C21H20N2O3S/c1-13-5-2-6-14(11-13)19(24)23-21-18(16-8-3-9-17(16)27-21)20(25)22-12-15-7-4-10-26-15/h2,4-7,10-11H,3,8-9,12H2,1H3,(H,22,25)(H,23,24). The molecule has 0 aliphatic heterocycles. The predicted molar refractivity (Wildman–Crippen MR) is 105 cm³/mol. The van der Waals surface area contributed by atoms with Gasteiger partial charge in [0.25, 0.3) is 11.8 Å². The van der Waals surface area contributed by atoms with Crippen LogP contribution in [0.4, 0.5) is 5.00 Å². The first-order valence-electron chi connectivity index (χ1n) is 8.95. The summed E-state index contributed by atoms with van der Waals surface area (Å²) in [6, 6.07) is 11.0. The number of amides is 2. The third-order valence-corrected chi connectivity index (χ3v) is 5.87. The first-order valence-corrected chi connectivity index (χ1v) is 9.76. The minimum Gasteiger partial charge on any atom is -0.467 e. The second-order valence-corrected chi connectivity index (χ2v) is 7.75. The molecule has 2 amide bonds. The van der Waals surface area contributed by atoms with Crippen molar-refractivity contribution in [3.8, 4) is 0 Å². The number of benzene rings is 1. The maximum Gasteiger partial charge on any atom is 0.256 e. The molecule has 0 unspecified atom stereocenters. The van der Waals surface area contributed by atoms with Gasteiger partial charge in [0, 0.05) is 10.4 Å². The summed E-state index contributed by atoms with van der Waals surface area (Å²) < 4.78 is 5.28. The molecule has 0 saturated heterocycles. The Morgan fingerprint density at radius 2 is 2.04 bits per heavy atom. The van der Waals surface area contributed by atoms with Crippen LogP contribution in [0, 0.1) is 6.92 Å². The number of carbonyl (C=O) groups excluding carboxylic acids is 2. The predicted octanol–water partition coefficient (Wildman–Crippen LogP) is 4.32. The fourth-order valence-electron chi connectivity index (χ4n) is 3.36. The molecule has 5 nitrogen and oxygen atoms in total. The molecule has 138 valence electrons. The summed E-state index contributed by atoms with van der Waals surface area (Å²) in [4.78, 5) is 26.7. The van der Waals surface area contributed by atoms with Crippen molar-refractivity contribution in [1.29, 1.82) is 0 Å². The van der Waals surface area contributed by atoms with Crippen LogP contribution in [0.2, 0.25) is 0 Å². The van der Waals surface area contributed by atoms with Gasteiger partial charge in [0.15, 0.2) is 0 Å². The number of thiophene rings is 1. The number of hydrogen-bond acceptors (Lipinski definition) is 4. The lowest BCUT2D eigenvalue weighted by Crippen LogP contribution is -2.24. The summed E-state index contributed by atoms with van der Waals surface area (Å²) in [7, 11) is 0. The largest absolute Gasteiger partial charge is 0.467 e. The lowest BCUT2D eigenvalue weighted by Gasteiger charge is -2.09. The molecule has 0 radical (unpaired) electrons. The fourth-order valence-corrected chi connectivity index (χ4v) is 4.64. The van der Waals surface area contributed by atoms with Gasteiger partial charge in [-0.05, 0) is 56.0 Å². The van der Waals surface area contributed by atoms with Crippen LogP contribution in [0.3, 0.4) is 0 Å². The molecule has 6 heteroatoms. The van der Waals surface area contributed by atoms with Crippen LogP contribution in [0.5, 0.6) is 0 Å². The van der Waals surface area contributed by atoms with Gasteiger partial charge in [-0.3, -0.25) is 9.59 Å². The Labute approximate surface area is 161 Å². The molecule has 0 atom stereocenters. The summed E-state index contributed by atoms with van der Waals surface area (Å²) in [6.07, 6.45) is 4.46. The number of anilines is 1. The van der Waals surface area contributed by atoms with Crippen LogP contribution < -0.4 is 10.6 Å². The molecule has 4 rings (SSSR count). The average molecular weight is 380 g/mol. The van der Waals surface area contributed by atoms with E-state index in [1.54, 1.807) is 18.4 Å². The van der Waals surface area contributed by atoms with Crippen LogP contribution in [0.1, 0.15) is 48.9 Å². The Balaban J connectivity index is 1.57. The molecular weight excluding hydrogens is 360 g/mol. The van der Waals surface area contributed by atoms with Crippen molar-refractivity contribution < 1.29 is 14.0 Å². The highest BCUT2D eigenvalue weighted by Gasteiger charge is 2.27. The Kier molecular flexibility index (Phi) is 4.81. The highest BCUT2D eigenvalue weighted by Crippen LogP contribution is 2.39. The summed E-state index contributed by atoms with van der Waals surface area (Å²) in [6.45, 7) is 2.27. The maximum atomic E-state index is 12.9. The first-order chi connectivity index (χ1) is 13.1. The molecule has 3 aromatic rings. The molecule has 0 bridgehead atoms. The second-order valence-electron chi connectivity index (χ2n) is 6.65. The molecule has 1 aromatic carbocycles. The van der Waals surface area contributed by atoms with Crippen LogP contribution in [0.15, 0.2) is 47.1 Å². The van der Waals surface area contributed by atoms with Crippen molar-refractivity contribution in [3.63, 3.8) is 0 Å². The minimum absolute atomic E-state index is 0.176. The van der Waals surface area contributed by atoms with E-state index in [9.17, 15) is 9.59 Å². The summed E-state index contributed by atoms with van der Waals surface area (Å²) in [5, 5.41) is 6.48. The minimum atomic E-state index is -0.196. The number of carbonyl (C=O) groups is 2. The molecule has 27 heavy (non-hydrogen) atoms. The van der Waals surface area contributed by atoms with Gasteiger partial charge >= 0.3 is 0 Å². The highest BCUT2D eigenvalue weighted by molar-refractivity contribution is 7.17. The Morgan fingerprint density at radius 3 is 2.81 bits per heavy atom. The molecule has 2 heterocycles. The molecule has 0 saturated carbocycles. The van der Waals surface area contributed by atoms with Crippen molar-refractivity contribution in [1.82, 2.24) is 5.32 Å². The highest BCUT2D eigenvalue weighted by atomic mass is 32.1. The smallest absolute Gasteiger partial charge is 0.256 e. The van der Waals surface area contributed by atoms with Gasteiger partial charge in [0.2, 0.25) is 0 Å². The van der Waals surface area contributed by atoms with E-state index < -0.39 is 0 Å². The van der Waals surface area contributed by atoms with E-state index in [0.29, 0.717) is 28.4 Å². The van der Waals surface area contributed by atoms with Crippen LogP contribution in [-0.2, 0) is 19.4 Å². The number of nitrogens with one attached hydrogen (secondary N) is 2. The molecule has 2 aromatic heterocycles. The van der Waals surface area contributed by atoms with Crippen LogP contribution in [-0.4, -0.2) is 11.8 Å².